The van der Waals surface area contributed by atoms with E-state index in [0.717, 1.165) is 4.90 Å². The van der Waals surface area contributed by atoms with E-state index in [-0.39, 0.29) is 5.91 Å². The second kappa shape index (κ2) is 9.18. The van der Waals surface area contributed by atoms with Crippen LogP contribution in [0.25, 0.3) is 0 Å². The Balaban J connectivity index is 1.74. The van der Waals surface area contributed by atoms with Gasteiger partial charge in [-0.1, -0.05) is 40.9 Å². The van der Waals surface area contributed by atoms with E-state index in [9.17, 15) is 4.79 Å². The van der Waals surface area contributed by atoms with Crippen molar-refractivity contribution in [3.05, 3.63) is 63.1 Å². The Morgan fingerprint density at radius 1 is 1.09 bits per heavy atom. The van der Waals surface area contributed by atoms with Gasteiger partial charge in [0.05, 0.1) is 11.2 Å². The summed E-state index contributed by atoms with van der Waals surface area (Å²) in [6.45, 7) is 0. The van der Waals surface area contributed by atoms with Gasteiger partial charge >= 0.3 is 0 Å². The van der Waals surface area contributed by atoms with Gasteiger partial charge in [0.1, 0.15) is 0 Å². The largest absolute Gasteiger partial charge is 0.273 e. The van der Waals surface area contributed by atoms with Gasteiger partial charge in [0.2, 0.25) is 5.91 Å². The van der Waals surface area contributed by atoms with Gasteiger partial charge < -0.3 is 0 Å². The van der Waals surface area contributed by atoms with Crippen molar-refractivity contribution < 1.29 is 4.79 Å². The van der Waals surface area contributed by atoms with Crippen LogP contribution in [0.3, 0.4) is 0 Å². The molecule has 0 unspecified atom stereocenters. The highest BCUT2D eigenvalue weighted by atomic mass is 35.5. The molecular weight excluding hydrogens is 375 g/mol. The first-order chi connectivity index (χ1) is 11.0. The Labute approximate surface area is 154 Å². The van der Waals surface area contributed by atoms with E-state index in [1.165, 1.54) is 6.21 Å². The predicted octanol–water partition coefficient (Wildman–Crippen LogP) is 5.28. The van der Waals surface area contributed by atoms with Crippen LogP contribution >= 0.6 is 46.6 Å². The van der Waals surface area contributed by atoms with Gasteiger partial charge in [-0.15, -0.1) is 11.8 Å². The summed E-state index contributed by atoms with van der Waals surface area (Å²) in [6, 6.07) is 12.6. The van der Waals surface area contributed by atoms with Crippen LogP contribution in [-0.4, -0.2) is 17.9 Å². The summed E-state index contributed by atoms with van der Waals surface area (Å²) in [5.41, 5.74) is 3.16. The number of rotatable bonds is 6. The van der Waals surface area contributed by atoms with Crippen LogP contribution in [0.4, 0.5) is 0 Å². The SMILES string of the molecule is O=C(CCSc1ccc(Cl)cc1)N/N=C\c1ccc(Cl)cc1Cl. The normalized spacial score (nSPS) is 10.9. The van der Waals surface area contributed by atoms with Gasteiger partial charge in [-0.05, 0) is 36.4 Å². The number of halogens is 3. The number of hydrogen-bond donors (Lipinski definition) is 1. The van der Waals surface area contributed by atoms with Crippen LogP contribution in [-0.2, 0) is 4.79 Å². The highest BCUT2D eigenvalue weighted by molar-refractivity contribution is 7.99. The number of benzene rings is 2. The van der Waals surface area contributed by atoms with Crippen molar-refractivity contribution in [3.63, 3.8) is 0 Å². The lowest BCUT2D eigenvalue weighted by Gasteiger charge is -2.02. The van der Waals surface area contributed by atoms with Gasteiger partial charge in [-0.3, -0.25) is 4.79 Å². The lowest BCUT2D eigenvalue weighted by Crippen LogP contribution is -2.17. The number of thioether (sulfide) groups is 1. The van der Waals surface area contributed by atoms with Crippen molar-refractivity contribution in [2.45, 2.75) is 11.3 Å². The molecule has 1 N–H and O–H groups in total. The average Bonchev–Trinajstić information content (AvgIpc) is 2.51. The smallest absolute Gasteiger partial charge is 0.240 e. The molecule has 0 radical (unpaired) electrons. The Bertz CT molecular complexity index is 705. The third-order valence-corrected chi connectivity index (χ3v) is 4.60. The maximum absolute atomic E-state index is 11.7. The van der Waals surface area contributed by atoms with Gasteiger partial charge in [-0.2, -0.15) is 5.10 Å². The van der Waals surface area contributed by atoms with E-state index >= 15 is 0 Å². The maximum atomic E-state index is 11.7. The topological polar surface area (TPSA) is 41.5 Å². The highest BCUT2D eigenvalue weighted by Crippen LogP contribution is 2.21. The second-order valence-electron chi connectivity index (χ2n) is 4.51. The predicted molar refractivity (Wildman–Crippen MR) is 99.0 cm³/mol. The number of carbonyl (C=O) groups is 1. The summed E-state index contributed by atoms with van der Waals surface area (Å²) in [7, 11) is 0. The van der Waals surface area contributed by atoms with Crippen molar-refractivity contribution in [3.8, 4) is 0 Å². The fraction of sp³-hybridized carbons (Fsp3) is 0.125. The zero-order chi connectivity index (χ0) is 16.7. The number of hydrazone groups is 1. The van der Waals surface area contributed by atoms with Crippen LogP contribution in [0.1, 0.15) is 12.0 Å². The van der Waals surface area contributed by atoms with Crippen molar-refractivity contribution >= 4 is 58.7 Å². The van der Waals surface area contributed by atoms with Crippen LogP contribution < -0.4 is 5.43 Å². The van der Waals surface area contributed by atoms with Crippen molar-refractivity contribution in [2.75, 3.05) is 5.75 Å². The van der Waals surface area contributed by atoms with Crippen LogP contribution in [0.15, 0.2) is 52.5 Å². The fourth-order valence-electron chi connectivity index (χ4n) is 1.63. The zero-order valence-corrected chi connectivity index (χ0v) is 15.0. The zero-order valence-electron chi connectivity index (χ0n) is 11.9. The molecule has 3 nitrogen and oxygen atoms in total. The van der Waals surface area contributed by atoms with Gasteiger partial charge in [0, 0.05) is 32.7 Å². The molecule has 2 rings (SSSR count). The Morgan fingerprint density at radius 2 is 1.78 bits per heavy atom. The number of nitrogens with one attached hydrogen (secondary N) is 1. The van der Waals surface area contributed by atoms with Crippen LogP contribution in [0.2, 0.25) is 15.1 Å². The minimum atomic E-state index is -0.159. The molecule has 0 atom stereocenters. The molecule has 0 aromatic heterocycles. The van der Waals surface area contributed by atoms with E-state index in [0.29, 0.717) is 32.8 Å². The summed E-state index contributed by atoms with van der Waals surface area (Å²) in [5.74, 6) is 0.498. The van der Waals surface area contributed by atoms with Crippen LogP contribution in [0.5, 0.6) is 0 Å². The van der Waals surface area contributed by atoms with E-state index in [2.05, 4.69) is 10.5 Å². The molecule has 120 valence electrons. The quantitative estimate of drug-likeness (QED) is 0.416. The molecule has 2 aromatic rings. The highest BCUT2D eigenvalue weighted by Gasteiger charge is 2.02. The lowest BCUT2D eigenvalue weighted by atomic mass is 10.2. The molecule has 0 aliphatic heterocycles. The first-order valence-electron chi connectivity index (χ1n) is 6.70. The van der Waals surface area contributed by atoms with E-state index < -0.39 is 0 Å². The van der Waals surface area contributed by atoms with Crippen LogP contribution in [0, 0.1) is 0 Å². The van der Waals surface area contributed by atoms with E-state index in [4.69, 9.17) is 34.8 Å². The molecule has 2 aromatic carbocycles. The summed E-state index contributed by atoms with van der Waals surface area (Å²) >= 11 is 19.2. The summed E-state index contributed by atoms with van der Waals surface area (Å²) in [5, 5.41) is 5.62. The molecule has 0 fully saturated rings. The molecule has 0 aliphatic rings. The number of carbonyl (C=O) groups excluding carboxylic acids is 1. The van der Waals surface area contributed by atoms with E-state index in [1.807, 2.05) is 24.3 Å². The lowest BCUT2D eigenvalue weighted by molar-refractivity contribution is -0.120. The van der Waals surface area contributed by atoms with Crippen molar-refractivity contribution in [1.29, 1.82) is 0 Å². The second-order valence-corrected chi connectivity index (χ2v) is 6.96. The van der Waals surface area contributed by atoms with Gasteiger partial charge in [0.25, 0.3) is 0 Å². The third-order valence-electron chi connectivity index (χ3n) is 2.77. The molecule has 1 amide bonds. The molecule has 0 bridgehead atoms. The first-order valence-corrected chi connectivity index (χ1v) is 8.82. The monoisotopic (exact) mass is 386 g/mol. The molecule has 0 spiro atoms. The summed E-state index contributed by atoms with van der Waals surface area (Å²) < 4.78 is 0. The molecule has 0 aliphatic carbocycles. The number of amides is 1. The van der Waals surface area contributed by atoms with Gasteiger partial charge in [0.15, 0.2) is 0 Å². The molecule has 7 heteroatoms. The van der Waals surface area contributed by atoms with E-state index in [1.54, 1.807) is 30.0 Å². The average molecular weight is 388 g/mol. The Morgan fingerprint density at radius 3 is 2.48 bits per heavy atom. The third kappa shape index (κ3) is 6.43. The number of hydrogen-bond acceptors (Lipinski definition) is 3. The summed E-state index contributed by atoms with van der Waals surface area (Å²) in [4.78, 5) is 12.8. The van der Waals surface area contributed by atoms with Crippen molar-refractivity contribution in [1.82, 2.24) is 5.43 Å². The molecular formula is C16H13Cl3N2OS. The minimum Gasteiger partial charge on any atom is -0.273 e. The van der Waals surface area contributed by atoms with Gasteiger partial charge in [-0.25, -0.2) is 5.43 Å². The standard InChI is InChI=1S/C16H13Cl3N2OS/c17-12-3-5-14(6-4-12)23-8-7-16(22)21-20-10-11-1-2-13(18)9-15(11)19/h1-6,9-10H,7-8H2,(H,21,22)/b20-10-. The first kappa shape index (κ1) is 18.1. The Kier molecular flexibility index (Phi) is 7.24. The maximum Gasteiger partial charge on any atom is 0.240 e. The molecule has 0 saturated carbocycles. The molecule has 23 heavy (non-hydrogen) atoms. The minimum absolute atomic E-state index is 0.159. The molecule has 0 heterocycles. The number of nitrogens with zero attached hydrogens (tertiary/aromatic N) is 1. The fourth-order valence-corrected chi connectivity index (χ4v) is 3.06. The molecule has 0 saturated heterocycles. The summed E-state index contributed by atoms with van der Waals surface area (Å²) in [6.07, 6.45) is 1.85. The Hall–Kier alpha value is -1.20. The van der Waals surface area contributed by atoms with Crippen molar-refractivity contribution in [2.24, 2.45) is 5.10 Å².